The molecule has 0 aliphatic carbocycles. The second-order valence-electron chi connectivity index (χ2n) is 2.24. The molecule has 0 saturated carbocycles. The molecule has 12 heavy (non-hydrogen) atoms. The van der Waals surface area contributed by atoms with Gasteiger partial charge in [0.15, 0.2) is 10.0 Å². The number of nitrogens with zero attached hydrogens (tertiary/aromatic N) is 3. The third-order valence-electron chi connectivity index (χ3n) is 1.24. The minimum absolute atomic E-state index is 0.484. The molecule has 0 bridgehead atoms. The van der Waals surface area contributed by atoms with E-state index in [1.165, 1.54) is 11.3 Å². The lowest BCUT2D eigenvalue weighted by Gasteiger charge is -1.81. The topological polar surface area (TPSA) is 64.7 Å². The van der Waals surface area contributed by atoms with E-state index in [1.807, 2.05) is 12.3 Å². The molecular weight excluding hydrogens is 192 g/mol. The summed E-state index contributed by atoms with van der Waals surface area (Å²) in [6, 6.07) is 0. The van der Waals surface area contributed by atoms with Crippen molar-refractivity contribution in [1.82, 2.24) is 15.2 Å². The van der Waals surface area contributed by atoms with Crippen molar-refractivity contribution in [3.63, 3.8) is 0 Å². The molecule has 4 nitrogen and oxygen atoms in total. The molecule has 0 radical (unpaired) electrons. The largest absolute Gasteiger partial charge is 0.374 e. The van der Waals surface area contributed by atoms with Gasteiger partial charge in [-0.05, 0) is 6.92 Å². The summed E-state index contributed by atoms with van der Waals surface area (Å²) in [4.78, 5) is 4.27. The minimum atomic E-state index is 0.484. The fourth-order valence-corrected chi connectivity index (χ4v) is 2.21. The van der Waals surface area contributed by atoms with Crippen LogP contribution in [0.4, 0.5) is 5.13 Å². The third kappa shape index (κ3) is 1.30. The van der Waals surface area contributed by atoms with Gasteiger partial charge in [0.2, 0.25) is 5.13 Å². The van der Waals surface area contributed by atoms with E-state index < -0.39 is 0 Å². The molecule has 6 heteroatoms. The second-order valence-corrected chi connectivity index (χ2v) is 4.11. The van der Waals surface area contributed by atoms with Gasteiger partial charge in [-0.2, -0.15) is 0 Å². The molecule has 0 fully saturated rings. The first kappa shape index (κ1) is 7.63. The Bertz CT molecular complexity index is 353. The first-order valence-corrected chi connectivity index (χ1v) is 4.97. The van der Waals surface area contributed by atoms with Crippen molar-refractivity contribution in [2.75, 3.05) is 5.73 Å². The number of rotatable bonds is 1. The molecule has 62 valence electrons. The number of anilines is 1. The average Bonchev–Trinajstić information content (AvgIpc) is 2.58. The number of nitrogens with two attached hydrogens (primary N) is 1. The first-order chi connectivity index (χ1) is 5.75. The minimum Gasteiger partial charge on any atom is -0.374 e. The van der Waals surface area contributed by atoms with Crippen molar-refractivity contribution in [3.05, 3.63) is 11.1 Å². The number of hydrogen-bond acceptors (Lipinski definition) is 6. The Morgan fingerprint density at radius 3 is 2.67 bits per heavy atom. The van der Waals surface area contributed by atoms with Crippen molar-refractivity contribution < 1.29 is 0 Å². The van der Waals surface area contributed by atoms with Crippen LogP contribution in [0.2, 0.25) is 0 Å². The van der Waals surface area contributed by atoms with Crippen molar-refractivity contribution >= 4 is 27.8 Å². The second kappa shape index (κ2) is 2.80. The predicted octanol–water partition coefficient (Wildman–Crippen LogP) is 1.55. The number of nitrogen functional groups attached to an aromatic ring is 1. The molecule has 0 spiro atoms. The van der Waals surface area contributed by atoms with Crippen LogP contribution in [0.25, 0.3) is 10.0 Å². The van der Waals surface area contributed by atoms with Crippen molar-refractivity contribution in [3.8, 4) is 10.0 Å². The van der Waals surface area contributed by atoms with Gasteiger partial charge in [0.1, 0.15) is 0 Å². The number of hydrogen-bond donors (Lipinski definition) is 1. The molecule has 2 aromatic rings. The quantitative estimate of drug-likeness (QED) is 0.755. The smallest absolute Gasteiger partial charge is 0.203 e. The van der Waals surface area contributed by atoms with Crippen LogP contribution >= 0.6 is 22.7 Å². The lowest BCUT2D eigenvalue weighted by atomic mass is 10.6. The van der Waals surface area contributed by atoms with Crippen LogP contribution in [0.5, 0.6) is 0 Å². The van der Waals surface area contributed by atoms with Gasteiger partial charge in [-0.25, -0.2) is 4.98 Å². The summed E-state index contributed by atoms with van der Waals surface area (Å²) in [6.07, 6.45) is 0. The summed E-state index contributed by atoms with van der Waals surface area (Å²) in [5.74, 6) is 0. The van der Waals surface area contributed by atoms with Gasteiger partial charge >= 0.3 is 0 Å². The Labute approximate surface area is 77.1 Å². The maximum absolute atomic E-state index is 5.44. The van der Waals surface area contributed by atoms with E-state index in [0.29, 0.717) is 5.13 Å². The molecule has 2 aromatic heterocycles. The van der Waals surface area contributed by atoms with Crippen LogP contribution in [0.3, 0.4) is 0 Å². The van der Waals surface area contributed by atoms with Crippen LogP contribution in [0.1, 0.15) is 5.69 Å². The van der Waals surface area contributed by atoms with Crippen molar-refractivity contribution in [1.29, 1.82) is 0 Å². The SMILES string of the molecule is Cc1csc(-c2nnc(N)s2)n1. The van der Waals surface area contributed by atoms with E-state index in [2.05, 4.69) is 15.2 Å². The van der Waals surface area contributed by atoms with E-state index in [0.717, 1.165) is 15.7 Å². The molecule has 0 atom stereocenters. The Morgan fingerprint density at radius 2 is 2.17 bits per heavy atom. The lowest BCUT2D eigenvalue weighted by molar-refractivity contribution is 1.10. The summed E-state index contributed by atoms with van der Waals surface area (Å²) in [6.45, 7) is 1.95. The molecular formula is C6H6N4S2. The van der Waals surface area contributed by atoms with Gasteiger partial charge in [0, 0.05) is 11.1 Å². The highest BCUT2D eigenvalue weighted by Crippen LogP contribution is 2.27. The normalized spacial score (nSPS) is 10.4. The van der Waals surface area contributed by atoms with Gasteiger partial charge in [0.25, 0.3) is 0 Å². The summed E-state index contributed by atoms with van der Waals surface area (Å²) >= 11 is 2.91. The maximum atomic E-state index is 5.44. The zero-order valence-corrected chi connectivity index (χ0v) is 7.95. The van der Waals surface area contributed by atoms with Crippen LogP contribution in [-0.2, 0) is 0 Å². The molecule has 0 amide bonds. The summed E-state index contributed by atoms with van der Waals surface area (Å²) in [5, 5.41) is 11.8. The fraction of sp³-hybridized carbons (Fsp3) is 0.167. The maximum Gasteiger partial charge on any atom is 0.203 e. The molecule has 0 aliphatic rings. The monoisotopic (exact) mass is 198 g/mol. The zero-order valence-electron chi connectivity index (χ0n) is 6.31. The summed E-state index contributed by atoms with van der Waals surface area (Å²) in [7, 11) is 0. The lowest BCUT2D eigenvalue weighted by Crippen LogP contribution is -1.80. The van der Waals surface area contributed by atoms with Crippen LogP contribution in [-0.4, -0.2) is 15.2 Å². The van der Waals surface area contributed by atoms with Gasteiger partial charge in [-0.15, -0.1) is 21.5 Å². The Kier molecular flexibility index (Phi) is 1.78. The highest BCUT2D eigenvalue weighted by Gasteiger charge is 2.07. The number of aryl methyl sites for hydroxylation is 1. The highest BCUT2D eigenvalue weighted by molar-refractivity contribution is 7.22. The highest BCUT2D eigenvalue weighted by atomic mass is 32.1. The van der Waals surface area contributed by atoms with Gasteiger partial charge < -0.3 is 5.73 Å². The van der Waals surface area contributed by atoms with E-state index in [9.17, 15) is 0 Å². The van der Waals surface area contributed by atoms with E-state index in [-0.39, 0.29) is 0 Å². The molecule has 0 aromatic carbocycles. The fourth-order valence-electron chi connectivity index (χ4n) is 0.773. The Hall–Kier alpha value is -1.01. The standard InChI is InChI=1S/C6H6N4S2/c1-3-2-11-4(8-3)5-9-10-6(7)12-5/h2H,1H3,(H2,7,10). The van der Waals surface area contributed by atoms with Gasteiger partial charge in [0.05, 0.1) is 0 Å². The van der Waals surface area contributed by atoms with Crippen molar-refractivity contribution in [2.45, 2.75) is 6.92 Å². The predicted molar refractivity (Wildman–Crippen MR) is 50.2 cm³/mol. The van der Waals surface area contributed by atoms with E-state index in [1.54, 1.807) is 11.3 Å². The zero-order chi connectivity index (χ0) is 8.55. The summed E-state index contributed by atoms with van der Waals surface area (Å²) < 4.78 is 0. The van der Waals surface area contributed by atoms with Gasteiger partial charge in [-0.3, -0.25) is 0 Å². The van der Waals surface area contributed by atoms with Gasteiger partial charge in [-0.1, -0.05) is 11.3 Å². The van der Waals surface area contributed by atoms with Crippen LogP contribution in [0.15, 0.2) is 5.38 Å². The van der Waals surface area contributed by atoms with E-state index >= 15 is 0 Å². The Balaban J connectivity index is 2.43. The van der Waals surface area contributed by atoms with E-state index in [4.69, 9.17) is 5.73 Å². The average molecular weight is 198 g/mol. The molecule has 0 saturated heterocycles. The number of aromatic nitrogens is 3. The third-order valence-corrected chi connectivity index (χ3v) is 3.10. The number of thiazole rings is 1. The first-order valence-electron chi connectivity index (χ1n) is 3.27. The van der Waals surface area contributed by atoms with Crippen LogP contribution < -0.4 is 5.73 Å². The molecule has 0 unspecified atom stereocenters. The Morgan fingerprint density at radius 1 is 1.33 bits per heavy atom. The van der Waals surface area contributed by atoms with Crippen molar-refractivity contribution in [2.24, 2.45) is 0 Å². The molecule has 2 heterocycles. The molecule has 2 N–H and O–H groups in total. The summed E-state index contributed by atoms with van der Waals surface area (Å²) in [5.41, 5.74) is 6.45. The molecule has 0 aliphatic heterocycles. The molecule has 2 rings (SSSR count). The van der Waals surface area contributed by atoms with Crippen LogP contribution in [0, 0.1) is 6.92 Å².